The summed E-state index contributed by atoms with van der Waals surface area (Å²) in [6, 6.07) is 0. The monoisotopic (exact) mass is 436 g/mol. The van der Waals surface area contributed by atoms with Gasteiger partial charge in [0.05, 0.1) is 6.54 Å². The first-order valence-electron chi connectivity index (χ1n) is 8.91. The van der Waals surface area contributed by atoms with E-state index in [-0.39, 0.29) is 29.9 Å². The maximum absolute atomic E-state index is 12.1. The van der Waals surface area contributed by atoms with Crippen LogP contribution in [0.2, 0.25) is 0 Å². The first-order valence-corrected chi connectivity index (χ1v) is 8.91. The zero-order valence-electron chi connectivity index (χ0n) is 14.9. The van der Waals surface area contributed by atoms with Crippen LogP contribution in [-0.2, 0) is 4.79 Å². The molecule has 0 radical (unpaired) electrons. The summed E-state index contributed by atoms with van der Waals surface area (Å²) < 4.78 is 0. The van der Waals surface area contributed by atoms with E-state index in [0.717, 1.165) is 51.5 Å². The van der Waals surface area contributed by atoms with Crippen molar-refractivity contribution >= 4 is 35.8 Å². The van der Waals surface area contributed by atoms with Gasteiger partial charge in [-0.1, -0.05) is 13.8 Å². The average Bonchev–Trinajstić information content (AvgIpc) is 2.99. The Balaban J connectivity index is 0.00000264. The Morgan fingerprint density at radius 2 is 1.74 bits per heavy atom. The molecule has 2 unspecified atom stereocenters. The molecular formula is C17H33IN4O. The van der Waals surface area contributed by atoms with Gasteiger partial charge in [0.2, 0.25) is 5.91 Å². The number of likely N-dealkylation sites (tertiary alicyclic amines) is 2. The zero-order valence-corrected chi connectivity index (χ0v) is 17.2. The summed E-state index contributed by atoms with van der Waals surface area (Å²) >= 11 is 0. The summed E-state index contributed by atoms with van der Waals surface area (Å²) in [5.74, 6) is 2.66. The summed E-state index contributed by atoms with van der Waals surface area (Å²) in [4.78, 5) is 21.1. The van der Waals surface area contributed by atoms with Crippen molar-refractivity contribution in [1.29, 1.82) is 0 Å². The van der Waals surface area contributed by atoms with Gasteiger partial charge in [-0.05, 0) is 38.0 Å². The lowest BCUT2D eigenvalue weighted by molar-refractivity contribution is -0.129. The SMILES string of the molecule is CCNC(=NCCC(=O)N1CCCC1)N1CC(C)CC(C)C1.I. The van der Waals surface area contributed by atoms with Crippen LogP contribution < -0.4 is 5.32 Å². The first-order chi connectivity index (χ1) is 10.6. The summed E-state index contributed by atoms with van der Waals surface area (Å²) in [6.07, 6.45) is 4.14. The number of nitrogens with zero attached hydrogens (tertiary/aromatic N) is 3. The van der Waals surface area contributed by atoms with Crippen molar-refractivity contribution in [3.8, 4) is 0 Å². The Hall–Kier alpha value is -0.530. The number of aliphatic imine (C=N–C) groups is 1. The fraction of sp³-hybridized carbons (Fsp3) is 0.882. The van der Waals surface area contributed by atoms with E-state index < -0.39 is 0 Å². The molecule has 1 N–H and O–H groups in total. The number of carbonyl (C=O) groups excluding carboxylic acids is 1. The van der Waals surface area contributed by atoms with E-state index in [2.05, 4.69) is 31.0 Å². The van der Waals surface area contributed by atoms with Crippen LogP contribution in [0.25, 0.3) is 0 Å². The molecule has 2 aliphatic rings. The minimum atomic E-state index is 0. The van der Waals surface area contributed by atoms with Gasteiger partial charge < -0.3 is 15.1 Å². The molecule has 0 aromatic rings. The molecule has 2 saturated heterocycles. The lowest BCUT2D eigenvalue weighted by Gasteiger charge is -2.37. The zero-order chi connectivity index (χ0) is 15.9. The molecule has 6 heteroatoms. The third-order valence-corrected chi connectivity index (χ3v) is 4.55. The van der Waals surface area contributed by atoms with Crippen molar-refractivity contribution in [2.75, 3.05) is 39.3 Å². The quantitative estimate of drug-likeness (QED) is 0.419. The smallest absolute Gasteiger partial charge is 0.224 e. The van der Waals surface area contributed by atoms with E-state index in [0.29, 0.717) is 24.8 Å². The normalized spacial score (nSPS) is 25.3. The highest BCUT2D eigenvalue weighted by Crippen LogP contribution is 2.20. The van der Waals surface area contributed by atoms with Crippen molar-refractivity contribution in [2.24, 2.45) is 16.8 Å². The molecule has 2 atom stereocenters. The van der Waals surface area contributed by atoms with Crippen LogP contribution >= 0.6 is 24.0 Å². The van der Waals surface area contributed by atoms with E-state index >= 15 is 0 Å². The number of hydrogen-bond acceptors (Lipinski definition) is 2. The van der Waals surface area contributed by atoms with Crippen molar-refractivity contribution in [3.05, 3.63) is 0 Å². The topological polar surface area (TPSA) is 47.9 Å². The molecular weight excluding hydrogens is 403 g/mol. The van der Waals surface area contributed by atoms with Crippen LogP contribution in [0.1, 0.15) is 46.5 Å². The molecule has 134 valence electrons. The molecule has 0 bridgehead atoms. The molecule has 0 aliphatic carbocycles. The molecule has 5 nitrogen and oxygen atoms in total. The average molecular weight is 436 g/mol. The van der Waals surface area contributed by atoms with Gasteiger partial charge in [-0.3, -0.25) is 9.79 Å². The summed E-state index contributed by atoms with van der Waals surface area (Å²) in [6.45, 7) is 12.2. The number of rotatable bonds is 4. The summed E-state index contributed by atoms with van der Waals surface area (Å²) in [7, 11) is 0. The summed E-state index contributed by atoms with van der Waals surface area (Å²) in [5, 5.41) is 3.39. The predicted molar refractivity (Wildman–Crippen MR) is 106 cm³/mol. The highest BCUT2D eigenvalue weighted by Gasteiger charge is 2.24. The van der Waals surface area contributed by atoms with Gasteiger partial charge in [-0.25, -0.2) is 0 Å². The second-order valence-corrected chi connectivity index (χ2v) is 6.92. The second-order valence-electron chi connectivity index (χ2n) is 6.92. The standard InChI is InChI=1S/C17H32N4O.HI/c1-4-18-17(21-12-14(2)11-15(3)13-21)19-8-7-16(22)20-9-5-6-10-20;/h14-15H,4-13H2,1-3H3,(H,18,19);1H. The minimum Gasteiger partial charge on any atom is -0.357 e. The lowest BCUT2D eigenvalue weighted by atomic mass is 9.92. The Kier molecular flexibility index (Phi) is 9.24. The third-order valence-electron chi connectivity index (χ3n) is 4.55. The number of amides is 1. The molecule has 2 aliphatic heterocycles. The molecule has 2 fully saturated rings. The Morgan fingerprint density at radius 1 is 1.13 bits per heavy atom. The molecule has 0 aromatic carbocycles. The minimum absolute atomic E-state index is 0. The fourth-order valence-electron chi connectivity index (χ4n) is 3.64. The maximum Gasteiger partial charge on any atom is 0.224 e. The van der Waals surface area contributed by atoms with Crippen LogP contribution in [0.5, 0.6) is 0 Å². The van der Waals surface area contributed by atoms with E-state index in [1.807, 2.05) is 4.90 Å². The molecule has 0 saturated carbocycles. The number of nitrogens with one attached hydrogen (secondary N) is 1. The summed E-state index contributed by atoms with van der Waals surface area (Å²) in [5.41, 5.74) is 0. The van der Waals surface area contributed by atoms with Gasteiger partial charge in [0, 0.05) is 39.1 Å². The number of carbonyl (C=O) groups is 1. The molecule has 1 amide bonds. The number of piperidine rings is 1. The van der Waals surface area contributed by atoms with E-state index in [4.69, 9.17) is 4.99 Å². The predicted octanol–water partition coefficient (Wildman–Crippen LogP) is 2.56. The van der Waals surface area contributed by atoms with E-state index in [9.17, 15) is 4.79 Å². The molecule has 0 aromatic heterocycles. The van der Waals surface area contributed by atoms with Gasteiger partial charge in [0.15, 0.2) is 5.96 Å². The second kappa shape index (κ2) is 10.4. The number of hydrogen-bond donors (Lipinski definition) is 1. The molecule has 23 heavy (non-hydrogen) atoms. The van der Waals surface area contributed by atoms with E-state index in [1.165, 1.54) is 6.42 Å². The molecule has 2 heterocycles. The lowest BCUT2D eigenvalue weighted by Crippen LogP contribution is -2.48. The van der Waals surface area contributed by atoms with Crippen LogP contribution in [-0.4, -0.2) is 60.9 Å². The van der Waals surface area contributed by atoms with Crippen LogP contribution in [0, 0.1) is 11.8 Å². The van der Waals surface area contributed by atoms with Crippen LogP contribution in [0.15, 0.2) is 4.99 Å². The number of halogens is 1. The van der Waals surface area contributed by atoms with Gasteiger partial charge in [0.1, 0.15) is 0 Å². The molecule has 2 rings (SSSR count). The van der Waals surface area contributed by atoms with Gasteiger partial charge in [-0.2, -0.15) is 0 Å². The fourth-order valence-corrected chi connectivity index (χ4v) is 3.64. The van der Waals surface area contributed by atoms with Crippen LogP contribution in [0.4, 0.5) is 0 Å². The third kappa shape index (κ3) is 6.47. The molecule has 0 spiro atoms. The van der Waals surface area contributed by atoms with Gasteiger partial charge >= 0.3 is 0 Å². The van der Waals surface area contributed by atoms with Crippen LogP contribution in [0.3, 0.4) is 0 Å². The van der Waals surface area contributed by atoms with E-state index in [1.54, 1.807) is 0 Å². The highest BCUT2D eigenvalue weighted by atomic mass is 127. The highest BCUT2D eigenvalue weighted by molar-refractivity contribution is 14.0. The Bertz CT molecular complexity index is 386. The van der Waals surface area contributed by atoms with Crippen molar-refractivity contribution < 1.29 is 4.79 Å². The Labute approximate surface area is 158 Å². The number of guanidine groups is 1. The largest absolute Gasteiger partial charge is 0.357 e. The first kappa shape index (κ1) is 20.5. The van der Waals surface area contributed by atoms with Crippen molar-refractivity contribution in [2.45, 2.75) is 46.5 Å². The van der Waals surface area contributed by atoms with Crippen molar-refractivity contribution in [3.63, 3.8) is 0 Å². The van der Waals surface area contributed by atoms with Crippen molar-refractivity contribution in [1.82, 2.24) is 15.1 Å². The Morgan fingerprint density at radius 3 is 2.30 bits per heavy atom. The maximum atomic E-state index is 12.1. The van der Waals surface area contributed by atoms with Gasteiger partial charge in [-0.15, -0.1) is 24.0 Å². The van der Waals surface area contributed by atoms with Gasteiger partial charge in [0.25, 0.3) is 0 Å².